The van der Waals surface area contributed by atoms with E-state index in [1.54, 1.807) is 12.1 Å². The van der Waals surface area contributed by atoms with Crippen LogP contribution in [0.3, 0.4) is 0 Å². The lowest BCUT2D eigenvalue weighted by molar-refractivity contribution is 0.478. The zero-order chi connectivity index (χ0) is 12.5. The molecule has 0 atom stereocenters. The number of nitrogens with one attached hydrogen (secondary N) is 1. The van der Waals surface area contributed by atoms with Crippen LogP contribution in [0.5, 0.6) is 5.75 Å². The van der Waals surface area contributed by atoms with E-state index < -0.39 is 0 Å². The molecule has 0 aliphatic rings. The number of phenolic OH excluding ortho intramolecular Hbond substituents is 1. The second-order valence-corrected chi connectivity index (χ2v) is 4.20. The van der Waals surface area contributed by atoms with Crippen molar-refractivity contribution in [3.8, 4) is 5.75 Å². The predicted octanol–water partition coefficient (Wildman–Crippen LogP) is 3.93. The fourth-order valence-corrected chi connectivity index (χ4v) is 1.88. The average molecular weight is 261 g/mol. The average Bonchev–Trinajstić information content (AvgIpc) is 2.79. The molecule has 0 fully saturated rings. The van der Waals surface area contributed by atoms with Gasteiger partial charge in [0, 0.05) is 12.1 Å². The van der Waals surface area contributed by atoms with E-state index in [1.807, 2.05) is 18.2 Å². The Morgan fingerprint density at radius 1 is 1.17 bits per heavy atom. The van der Waals surface area contributed by atoms with Gasteiger partial charge in [-0.3, -0.25) is 0 Å². The Morgan fingerprint density at radius 3 is 2.83 bits per heavy atom. The van der Waals surface area contributed by atoms with Gasteiger partial charge in [0.15, 0.2) is 12.0 Å². The lowest BCUT2D eigenvalue weighted by atomic mass is 10.2. The normalized spacial score (nSPS) is 10.7. The van der Waals surface area contributed by atoms with E-state index in [0.717, 1.165) is 0 Å². The van der Waals surface area contributed by atoms with Gasteiger partial charge in [-0.25, -0.2) is 4.98 Å². The van der Waals surface area contributed by atoms with Crippen LogP contribution in [0.25, 0.3) is 11.1 Å². The van der Waals surface area contributed by atoms with Crippen molar-refractivity contribution in [2.24, 2.45) is 0 Å². The third-order valence-electron chi connectivity index (χ3n) is 2.59. The molecular weight excluding hydrogens is 252 g/mol. The van der Waals surface area contributed by atoms with E-state index in [4.69, 9.17) is 16.0 Å². The summed E-state index contributed by atoms with van der Waals surface area (Å²) >= 11 is 6.04. The second kappa shape index (κ2) is 4.23. The minimum Gasteiger partial charge on any atom is -0.506 e. The predicted molar refractivity (Wildman–Crippen MR) is 70.4 cm³/mol. The third kappa shape index (κ3) is 1.87. The highest BCUT2D eigenvalue weighted by Gasteiger charge is 2.08. The largest absolute Gasteiger partial charge is 0.506 e. The van der Waals surface area contributed by atoms with Crippen molar-refractivity contribution >= 4 is 34.1 Å². The maximum absolute atomic E-state index is 9.89. The molecule has 0 aliphatic heterocycles. The first-order chi connectivity index (χ1) is 8.74. The number of aromatic hydroxyl groups is 1. The van der Waals surface area contributed by atoms with Crippen LogP contribution in [0.2, 0.25) is 5.02 Å². The van der Waals surface area contributed by atoms with Crippen LogP contribution in [-0.2, 0) is 0 Å². The van der Waals surface area contributed by atoms with Crippen molar-refractivity contribution < 1.29 is 9.52 Å². The van der Waals surface area contributed by atoms with E-state index >= 15 is 0 Å². The Balaban J connectivity index is 2.04. The third-order valence-corrected chi connectivity index (χ3v) is 2.92. The number of nitrogens with zero attached hydrogens (tertiary/aromatic N) is 1. The Bertz CT molecular complexity index is 709. The van der Waals surface area contributed by atoms with Crippen molar-refractivity contribution in [1.82, 2.24) is 4.98 Å². The summed E-state index contributed by atoms with van der Waals surface area (Å²) in [6.07, 6.45) is 1.34. The zero-order valence-electron chi connectivity index (χ0n) is 9.22. The van der Waals surface area contributed by atoms with Crippen LogP contribution < -0.4 is 5.32 Å². The molecule has 0 amide bonds. The van der Waals surface area contributed by atoms with Crippen LogP contribution in [-0.4, -0.2) is 10.1 Å². The summed E-state index contributed by atoms with van der Waals surface area (Å²) in [6.45, 7) is 0. The molecule has 18 heavy (non-hydrogen) atoms. The zero-order valence-corrected chi connectivity index (χ0v) is 9.98. The van der Waals surface area contributed by atoms with Gasteiger partial charge in [0.2, 0.25) is 0 Å². The molecule has 2 aromatic carbocycles. The summed E-state index contributed by atoms with van der Waals surface area (Å²) in [5.41, 5.74) is 2.44. The number of para-hydroxylation sites is 1. The highest BCUT2D eigenvalue weighted by molar-refractivity contribution is 6.33. The lowest BCUT2D eigenvalue weighted by Crippen LogP contribution is -1.91. The summed E-state index contributed by atoms with van der Waals surface area (Å²) in [5, 5.41) is 13.5. The number of rotatable bonds is 2. The topological polar surface area (TPSA) is 58.3 Å². The number of aromatic nitrogens is 1. The van der Waals surface area contributed by atoms with Crippen LogP contribution in [0.15, 0.2) is 47.2 Å². The van der Waals surface area contributed by atoms with Crippen molar-refractivity contribution in [3.63, 3.8) is 0 Å². The van der Waals surface area contributed by atoms with Crippen molar-refractivity contribution in [1.29, 1.82) is 0 Å². The molecule has 5 heteroatoms. The molecule has 1 aromatic heterocycles. The molecule has 90 valence electrons. The fraction of sp³-hybridized carbons (Fsp3) is 0. The van der Waals surface area contributed by atoms with Crippen LogP contribution >= 0.6 is 11.6 Å². The first-order valence-electron chi connectivity index (χ1n) is 5.32. The summed E-state index contributed by atoms with van der Waals surface area (Å²) in [4.78, 5) is 3.96. The molecule has 1 heterocycles. The highest BCUT2D eigenvalue weighted by Crippen LogP contribution is 2.33. The lowest BCUT2D eigenvalue weighted by Gasteiger charge is -2.09. The minimum absolute atomic E-state index is 0.0938. The molecule has 0 bridgehead atoms. The maximum Gasteiger partial charge on any atom is 0.181 e. The van der Waals surface area contributed by atoms with E-state index in [1.165, 1.54) is 12.5 Å². The molecule has 0 saturated heterocycles. The summed E-state index contributed by atoms with van der Waals surface area (Å²) in [6, 6.07) is 10.5. The monoisotopic (exact) mass is 260 g/mol. The molecule has 0 spiro atoms. The van der Waals surface area contributed by atoms with Crippen molar-refractivity contribution in [2.45, 2.75) is 0 Å². The molecule has 0 saturated carbocycles. The Morgan fingerprint density at radius 2 is 2.00 bits per heavy atom. The fourth-order valence-electron chi connectivity index (χ4n) is 1.70. The van der Waals surface area contributed by atoms with Crippen molar-refractivity contribution in [3.05, 3.63) is 47.8 Å². The summed E-state index contributed by atoms with van der Waals surface area (Å²) < 4.78 is 5.19. The Labute approximate surface area is 108 Å². The van der Waals surface area contributed by atoms with Gasteiger partial charge in [-0.2, -0.15) is 0 Å². The highest BCUT2D eigenvalue weighted by atomic mass is 35.5. The van der Waals surface area contributed by atoms with Crippen molar-refractivity contribution in [2.75, 3.05) is 5.32 Å². The SMILES string of the molecule is Oc1cc2ncoc2cc1Nc1ccccc1Cl. The molecule has 3 aromatic rings. The number of hydrogen-bond donors (Lipinski definition) is 2. The summed E-state index contributed by atoms with van der Waals surface area (Å²) in [7, 11) is 0. The number of oxazole rings is 1. The molecule has 0 radical (unpaired) electrons. The molecule has 0 aliphatic carbocycles. The number of fused-ring (bicyclic) bond motifs is 1. The molecule has 2 N–H and O–H groups in total. The van der Waals surface area contributed by atoms with Crippen LogP contribution in [0.1, 0.15) is 0 Å². The van der Waals surface area contributed by atoms with Gasteiger partial charge in [-0.1, -0.05) is 23.7 Å². The van der Waals surface area contributed by atoms with Gasteiger partial charge in [-0.05, 0) is 12.1 Å². The first kappa shape index (κ1) is 10.9. The van der Waals surface area contributed by atoms with Gasteiger partial charge in [0.25, 0.3) is 0 Å². The van der Waals surface area contributed by atoms with Crippen LogP contribution in [0.4, 0.5) is 11.4 Å². The van der Waals surface area contributed by atoms with Gasteiger partial charge < -0.3 is 14.8 Å². The number of halogens is 1. The smallest absolute Gasteiger partial charge is 0.181 e. The number of phenols is 1. The van der Waals surface area contributed by atoms with Crippen LogP contribution in [0, 0.1) is 0 Å². The quantitative estimate of drug-likeness (QED) is 0.686. The minimum atomic E-state index is 0.0938. The van der Waals surface area contributed by atoms with E-state index in [9.17, 15) is 5.11 Å². The van der Waals surface area contributed by atoms with Gasteiger partial charge in [-0.15, -0.1) is 0 Å². The Hall–Kier alpha value is -2.20. The molecular formula is C13H9ClN2O2. The van der Waals surface area contributed by atoms with E-state index in [2.05, 4.69) is 10.3 Å². The maximum atomic E-state index is 9.89. The number of anilines is 2. The number of hydrogen-bond acceptors (Lipinski definition) is 4. The van der Waals surface area contributed by atoms with Gasteiger partial charge in [0.1, 0.15) is 11.3 Å². The Kier molecular flexibility index (Phi) is 2.57. The standard InChI is InChI=1S/C13H9ClN2O2/c14-8-3-1-2-4-9(8)16-10-6-13-11(5-12(10)17)15-7-18-13/h1-7,16-17H. The molecule has 0 unspecified atom stereocenters. The second-order valence-electron chi connectivity index (χ2n) is 3.79. The van der Waals surface area contributed by atoms with Gasteiger partial charge in [0.05, 0.1) is 16.4 Å². The van der Waals surface area contributed by atoms with Gasteiger partial charge >= 0.3 is 0 Å². The molecule has 4 nitrogen and oxygen atoms in total. The first-order valence-corrected chi connectivity index (χ1v) is 5.69. The van der Waals surface area contributed by atoms with E-state index in [-0.39, 0.29) is 5.75 Å². The van der Waals surface area contributed by atoms with E-state index in [0.29, 0.717) is 27.5 Å². The molecule has 3 rings (SSSR count). The number of benzene rings is 2. The summed E-state index contributed by atoms with van der Waals surface area (Å²) in [5.74, 6) is 0.0938.